The average Bonchev–Trinajstić information content (AvgIpc) is 2.97. The second kappa shape index (κ2) is 14.0. The van der Waals surface area contributed by atoms with Gasteiger partial charge in [-0.15, -0.1) is 6.58 Å². The van der Waals surface area contributed by atoms with E-state index in [4.69, 9.17) is 14.5 Å². The maximum Gasteiger partial charge on any atom is 0.282 e. The van der Waals surface area contributed by atoms with Gasteiger partial charge in [0.1, 0.15) is 11.6 Å². The molecule has 1 aromatic heterocycles. The van der Waals surface area contributed by atoms with Crippen molar-refractivity contribution in [3.8, 4) is 11.5 Å². The number of anilines is 1. The van der Waals surface area contributed by atoms with Crippen LogP contribution in [0.15, 0.2) is 81.6 Å². The molecule has 42 heavy (non-hydrogen) atoms. The number of carbonyl (C=O) groups is 1. The van der Waals surface area contributed by atoms with Gasteiger partial charge in [-0.25, -0.2) is 9.37 Å². The van der Waals surface area contributed by atoms with Crippen LogP contribution in [0.25, 0.3) is 10.9 Å². The van der Waals surface area contributed by atoms with Gasteiger partial charge in [-0.3, -0.25) is 9.59 Å². The standard InChI is InChI=1S/C32H32BrFN4O4/c1-5-8-22-15-21(16-28(41-7-3)30(22)42-19-29(39)36-25-12-10-24(34)11-13-25)18-35-38-31(20(4)6-2)37-27-14-9-23(33)17-26(27)32(38)40/h5,9-18,20H,1,6-8,19H2,2-4H3,(H,36,39)/t20-/m0/s1. The van der Waals surface area contributed by atoms with Gasteiger partial charge in [0.05, 0.1) is 23.7 Å². The van der Waals surface area contributed by atoms with E-state index in [1.165, 1.54) is 28.9 Å². The summed E-state index contributed by atoms with van der Waals surface area (Å²) in [6.07, 6.45) is 4.51. The second-order valence-corrected chi connectivity index (χ2v) is 10.5. The van der Waals surface area contributed by atoms with E-state index >= 15 is 0 Å². The largest absolute Gasteiger partial charge is 0.490 e. The maximum absolute atomic E-state index is 13.5. The molecule has 0 saturated carbocycles. The van der Waals surface area contributed by atoms with Gasteiger partial charge in [-0.05, 0) is 79.9 Å². The van der Waals surface area contributed by atoms with Crippen LogP contribution in [-0.2, 0) is 11.2 Å². The van der Waals surface area contributed by atoms with Crippen LogP contribution in [0.5, 0.6) is 11.5 Å². The van der Waals surface area contributed by atoms with Crippen molar-refractivity contribution < 1.29 is 18.7 Å². The van der Waals surface area contributed by atoms with Gasteiger partial charge in [-0.1, -0.05) is 35.9 Å². The van der Waals surface area contributed by atoms with Gasteiger partial charge < -0.3 is 14.8 Å². The molecule has 0 saturated heterocycles. The molecule has 8 nitrogen and oxygen atoms in total. The molecule has 1 amide bonds. The summed E-state index contributed by atoms with van der Waals surface area (Å²) in [7, 11) is 0. The van der Waals surface area contributed by atoms with Crippen LogP contribution < -0.4 is 20.3 Å². The Morgan fingerprint density at radius 3 is 2.62 bits per heavy atom. The molecule has 1 heterocycles. The third-order valence-electron chi connectivity index (χ3n) is 6.50. The van der Waals surface area contributed by atoms with Gasteiger partial charge >= 0.3 is 0 Å². The number of hydrogen-bond donors (Lipinski definition) is 1. The fourth-order valence-corrected chi connectivity index (χ4v) is 4.62. The van der Waals surface area contributed by atoms with E-state index in [0.29, 0.717) is 52.5 Å². The Bertz CT molecular complexity index is 1690. The van der Waals surface area contributed by atoms with E-state index in [9.17, 15) is 14.0 Å². The highest BCUT2D eigenvalue weighted by Gasteiger charge is 2.17. The smallest absolute Gasteiger partial charge is 0.282 e. The first kappa shape index (κ1) is 30.6. The molecule has 218 valence electrons. The number of ether oxygens (including phenoxy) is 2. The SMILES string of the molecule is C=CCc1cc(C=Nn2c([C@@H](C)CC)nc3ccc(Br)cc3c2=O)cc(OCC)c1OCC(=O)Nc1ccc(F)cc1. The number of halogens is 2. The summed E-state index contributed by atoms with van der Waals surface area (Å²) in [5.74, 6) is 0.578. The Morgan fingerprint density at radius 1 is 1.17 bits per heavy atom. The Kier molecular flexibility index (Phi) is 10.2. The molecule has 0 aliphatic carbocycles. The second-order valence-electron chi connectivity index (χ2n) is 9.58. The van der Waals surface area contributed by atoms with Crippen molar-refractivity contribution in [3.05, 3.63) is 105 Å². The normalized spacial score (nSPS) is 11.9. The number of hydrogen-bond acceptors (Lipinski definition) is 6. The van der Waals surface area contributed by atoms with Crippen LogP contribution in [0, 0.1) is 5.82 Å². The molecule has 1 N–H and O–H groups in total. The lowest BCUT2D eigenvalue weighted by atomic mass is 10.1. The first-order valence-electron chi connectivity index (χ1n) is 13.6. The topological polar surface area (TPSA) is 94.8 Å². The molecular formula is C32H32BrFN4O4. The lowest BCUT2D eigenvalue weighted by molar-refractivity contribution is -0.118. The number of nitrogens with zero attached hydrogens (tertiary/aromatic N) is 3. The summed E-state index contributed by atoms with van der Waals surface area (Å²) in [6, 6.07) is 14.5. The van der Waals surface area contributed by atoms with Crippen LogP contribution in [0.1, 0.15) is 50.1 Å². The molecule has 0 spiro atoms. The van der Waals surface area contributed by atoms with Crippen molar-refractivity contribution in [1.82, 2.24) is 9.66 Å². The van der Waals surface area contributed by atoms with Crippen molar-refractivity contribution in [2.45, 2.75) is 39.5 Å². The zero-order valence-electron chi connectivity index (χ0n) is 23.7. The first-order chi connectivity index (χ1) is 20.2. The van der Waals surface area contributed by atoms with Crippen LogP contribution >= 0.6 is 15.9 Å². The molecule has 0 unspecified atom stereocenters. The molecule has 0 bridgehead atoms. The van der Waals surface area contributed by atoms with Crippen LogP contribution in [-0.4, -0.2) is 35.0 Å². The number of rotatable bonds is 12. The predicted molar refractivity (Wildman–Crippen MR) is 167 cm³/mol. The molecule has 4 rings (SSSR count). The highest BCUT2D eigenvalue weighted by molar-refractivity contribution is 9.10. The number of nitrogens with one attached hydrogen (secondary N) is 1. The summed E-state index contributed by atoms with van der Waals surface area (Å²) in [5.41, 5.74) is 2.19. The van der Waals surface area contributed by atoms with Crippen LogP contribution in [0.4, 0.5) is 10.1 Å². The van der Waals surface area contributed by atoms with Gasteiger partial charge in [0.2, 0.25) is 0 Å². The molecule has 4 aromatic rings. The van der Waals surface area contributed by atoms with Crippen LogP contribution in [0.2, 0.25) is 0 Å². The van der Waals surface area contributed by atoms with Crippen molar-refractivity contribution in [2.24, 2.45) is 5.10 Å². The number of aromatic nitrogens is 2. The Labute approximate surface area is 252 Å². The van der Waals surface area contributed by atoms with E-state index in [0.717, 1.165) is 16.5 Å². The third-order valence-corrected chi connectivity index (χ3v) is 7.00. The molecular weight excluding hydrogens is 603 g/mol. The van der Waals surface area contributed by atoms with E-state index < -0.39 is 11.7 Å². The minimum absolute atomic E-state index is 0.00459. The molecule has 3 aromatic carbocycles. The highest BCUT2D eigenvalue weighted by Crippen LogP contribution is 2.34. The minimum atomic E-state index is -0.411. The number of benzene rings is 3. The third kappa shape index (κ3) is 7.30. The first-order valence-corrected chi connectivity index (χ1v) is 14.4. The van der Waals surface area contributed by atoms with E-state index in [1.807, 2.05) is 39.0 Å². The number of fused-ring (bicyclic) bond motifs is 1. The zero-order chi connectivity index (χ0) is 30.2. The molecule has 1 atom stereocenters. The quantitative estimate of drug-likeness (QED) is 0.136. The van der Waals surface area contributed by atoms with Crippen molar-refractivity contribution >= 4 is 44.6 Å². The number of carbonyl (C=O) groups excluding carboxylic acids is 1. The zero-order valence-corrected chi connectivity index (χ0v) is 25.3. The molecule has 0 aliphatic rings. The Hall–Kier alpha value is -4.31. The summed E-state index contributed by atoms with van der Waals surface area (Å²) in [4.78, 5) is 30.8. The predicted octanol–water partition coefficient (Wildman–Crippen LogP) is 6.84. The summed E-state index contributed by atoms with van der Waals surface area (Å²) >= 11 is 3.43. The van der Waals surface area contributed by atoms with E-state index in [2.05, 4.69) is 32.9 Å². The molecule has 10 heteroatoms. The minimum Gasteiger partial charge on any atom is -0.490 e. The monoisotopic (exact) mass is 634 g/mol. The molecule has 0 fully saturated rings. The Balaban J connectivity index is 1.68. The summed E-state index contributed by atoms with van der Waals surface area (Å²) in [6.45, 7) is 9.79. The number of amides is 1. The fraction of sp³-hybridized carbons (Fsp3) is 0.250. The summed E-state index contributed by atoms with van der Waals surface area (Å²) in [5, 5.41) is 7.71. The maximum atomic E-state index is 13.5. The van der Waals surface area contributed by atoms with E-state index in [-0.39, 0.29) is 18.1 Å². The van der Waals surface area contributed by atoms with Gasteiger partial charge in [0.25, 0.3) is 11.5 Å². The molecule has 0 aliphatic heterocycles. The van der Waals surface area contributed by atoms with Crippen LogP contribution in [0.3, 0.4) is 0 Å². The van der Waals surface area contributed by atoms with Gasteiger partial charge in [-0.2, -0.15) is 9.78 Å². The fourth-order valence-electron chi connectivity index (χ4n) is 4.26. The van der Waals surface area contributed by atoms with Crippen molar-refractivity contribution in [3.63, 3.8) is 0 Å². The molecule has 0 radical (unpaired) electrons. The lowest BCUT2D eigenvalue weighted by Crippen LogP contribution is -2.23. The average molecular weight is 636 g/mol. The lowest BCUT2D eigenvalue weighted by Gasteiger charge is -2.17. The Morgan fingerprint density at radius 2 is 1.93 bits per heavy atom. The summed E-state index contributed by atoms with van der Waals surface area (Å²) < 4.78 is 27.1. The highest BCUT2D eigenvalue weighted by atomic mass is 79.9. The van der Waals surface area contributed by atoms with Crippen molar-refractivity contribution in [1.29, 1.82) is 0 Å². The van der Waals surface area contributed by atoms with Gasteiger partial charge in [0, 0.05) is 21.6 Å². The van der Waals surface area contributed by atoms with Gasteiger partial charge in [0.15, 0.2) is 18.1 Å². The van der Waals surface area contributed by atoms with E-state index in [1.54, 1.807) is 24.4 Å². The number of allylic oxidation sites excluding steroid dienone is 1. The van der Waals surface area contributed by atoms with Crippen molar-refractivity contribution in [2.75, 3.05) is 18.5 Å².